The molecule has 1 unspecified atom stereocenters. The van der Waals surface area contributed by atoms with Gasteiger partial charge in [0.2, 0.25) is 5.91 Å². The fourth-order valence-corrected chi connectivity index (χ4v) is 2.00. The number of hydrogen-bond donors (Lipinski definition) is 1. The number of nitrogens with zero attached hydrogens (tertiary/aromatic N) is 1. The molecule has 1 N–H and O–H groups in total. The van der Waals surface area contributed by atoms with E-state index in [-0.39, 0.29) is 17.9 Å². The van der Waals surface area contributed by atoms with Crippen LogP contribution in [-0.4, -0.2) is 35.1 Å². The van der Waals surface area contributed by atoms with Crippen LogP contribution >= 0.6 is 0 Å². The van der Waals surface area contributed by atoms with Crippen molar-refractivity contribution in [3.63, 3.8) is 0 Å². The minimum absolute atomic E-state index is 0.0110. The Kier molecular flexibility index (Phi) is 5.66. The SMILES string of the molecule is CC(CC(=O)N(C)C(C)(C)CO)CC(C)(C)C. The van der Waals surface area contributed by atoms with Crippen molar-refractivity contribution >= 4 is 5.91 Å². The molecule has 3 nitrogen and oxygen atoms in total. The van der Waals surface area contributed by atoms with Gasteiger partial charge in [0.25, 0.3) is 0 Å². The average molecular weight is 243 g/mol. The molecule has 0 aromatic carbocycles. The molecule has 0 spiro atoms. The lowest BCUT2D eigenvalue weighted by Gasteiger charge is -2.35. The smallest absolute Gasteiger partial charge is 0.223 e. The van der Waals surface area contributed by atoms with Gasteiger partial charge < -0.3 is 10.0 Å². The highest BCUT2D eigenvalue weighted by molar-refractivity contribution is 5.76. The summed E-state index contributed by atoms with van der Waals surface area (Å²) >= 11 is 0. The molecule has 0 aliphatic rings. The molecule has 0 rings (SSSR count). The van der Waals surface area contributed by atoms with Crippen LogP contribution in [0.1, 0.15) is 54.4 Å². The van der Waals surface area contributed by atoms with E-state index < -0.39 is 5.54 Å². The van der Waals surface area contributed by atoms with Crippen LogP contribution < -0.4 is 0 Å². The summed E-state index contributed by atoms with van der Waals surface area (Å²) in [6.07, 6.45) is 1.59. The first-order valence-corrected chi connectivity index (χ1v) is 6.37. The van der Waals surface area contributed by atoms with E-state index in [9.17, 15) is 9.90 Å². The second-order valence-corrected chi connectivity index (χ2v) is 7.00. The zero-order chi connectivity index (χ0) is 13.9. The standard InChI is InChI=1S/C14H29NO2/c1-11(9-13(2,3)4)8-12(17)15(7)14(5,6)10-16/h11,16H,8-10H2,1-7H3. The highest BCUT2D eigenvalue weighted by atomic mass is 16.3. The first-order chi connectivity index (χ1) is 7.49. The summed E-state index contributed by atoms with van der Waals surface area (Å²) in [6.45, 7) is 12.4. The first-order valence-electron chi connectivity index (χ1n) is 6.37. The predicted octanol–water partition coefficient (Wildman–Crippen LogP) is 2.68. The number of carbonyl (C=O) groups is 1. The van der Waals surface area contributed by atoms with E-state index in [0.29, 0.717) is 12.3 Å². The Bertz CT molecular complexity index is 253. The van der Waals surface area contributed by atoms with Crippen molar-refractivity contribution in [1.29, 1.82) is 0 Å². The topological polar surface area (TPSA) is 40.5 Å². The third-order valence-electron chi connectivity index (χ3n) is 3.15. The lowest BCUT2D eigenvalue weighted by Crippen LogP contribution is -2.48. The van der Waals surface area contributed by atoms with Crippen LogP contribution in [-0.2, 0) is 4.79 Å². The summed E-state index contributed by atoms with van der Waals surface area (Å²) in [5.74, 6) is 0.486. The van der Waals surface area contributed by atoms with Crippen LogP contribution in [0, 0.1) is 11.3 Å². The van der Waals surface area contributed by atoms with Crippen LogP contribution in [0.25, 0.3) is 0 Å². The molecule has 1 atom stereocenters. The summed E-state index contributed by atoms with van der Waals surface area (Å²) in [7, 11) is 1.77. The van der Waals surface area contributed by atoms with Crippen molar-refractivity contribution in [2.75, 3.05) is 13.7 Å². The molecule has 0 saturated heterocycles. The molecule has 3 heteroatoms. The maximum Gasteiger partial charge on any atom is 0.223 e. The third-order valence-corrected chi connectivity index (χ3v) is 3.15. The maximum absolute atomic E-state index is 12.1. The van der Waals surface area contributed by atoms with E-state index in [1.165, 1.54) is 0 Å². The maximum atomic E-state index is 12.1. The molecule has 0 radical (unpaired) electrons. The summed E-state index contributed by atoms with van der Waals surface area (Å²) in [4.78, 5) is 13.7. The van der Waals surface area contributed by atoms with Crippen LogP contribution in [0.3, 0.4) is 0 Å². The Morgan fingerprint density at radius 1 is 1.24 bits per heavy atom. The van der Waals surface area contributed by atoms with Gasteiger partial charge in [-0.25, -0.2) is 0 Å². The van der Waals surface area contributed by atoms with Crippen molar-refractivity contribution in [2.24, 2.45) is 11.3 Å². The molecule has 17 heavy (non-hydrogen) atoms. The number of aliphatic hydroxyl groups excluding tert-OH is 1. The Balaban J connectivity index is 4.36. The number of rotatable bonds is 5. The van der Waals surface area contributed by atoms with Crippen LogP contribution in [0.5, 0.6) is 0 Å². The molecular weight excluding hydrogens is 214 g/mol. The normalized spacial score (nSPS) is 14.6. The van der Waals surface area contributed by atoms with Gasteiger partial charge in [0, 0.05) is 13.5 Å². The third kappa shape index (κ3) is 6.06. The van der Waals surface area contributed by atoms with Crippen LogP contribution in [0.2, 0.25) is 0 Å². The number of aliphatic hydroxyl groups is 1. The van der Waals surface area contributed by atoms with Crippen molar-refractivity contribution in [3.05, 3.63) is 0 Å². The monoisotopic (exact) mass is 243 g/mol. The number of carbonyl (C=O) groups excluding carboxylic acids is 1. The van der Waals surface area contributed by atoms with Gasteiger partial charge >= 0.3 is 0 Å². The molecular formula is C14H29NO2. The van der Waals surface area contributed by atoms with Gasteiger partial charge in [0.15, 0.2) is 0 Å². The number of likely N-dealkylation sites (N-methyl/N-ethyl adjacent to an activating group) is 1. The predicted molar refractivity (Wildman–Crippen MR) is 71.8 cm³/mol. The minimum Gasteiger partial charge on any atom is -0.394 e. The zero-order valence-electron chi connectivity index (χ0n) is 12.5. The molecule has 1 amide bonds. The fraction of sp³-hybridized carbons (Fsp3) is 0.929. The zero-order valence-corrected chi connectivity index (χ0v) is 12.5. The summed E-state index contributed by atoms with van der Waals surface area (Å²) in [5.41, 5.74) is -0.219. The second kappa shape index (κ2) is 5.85. The molecule has 0 aromatic rings. The van der Waals surface area contributed by atoms with E-state index in [0.717, 1.165) is 6.42 Å². The molecule has 0 aliphatic heterocycles. The molecule has 0 saturated carbocycles. The van der Waals surface area contributed by atoms with E-state index in [2.05, 4.69) is 27.7 Å². The highest BCUT2D eigenvalue weighted by Crippen LogP contribution is 2.27. The molecule has 102 valence electrons. The van der Waals surface area contributed by atoms with Crippen molar-refractivity contribution in [2.45, 2.75) is 59.9 Å². The molecule has 0 aliphatic carbocycles. The van der Waals surface area contributed by atoms with Gasteiger partial charge in [-0.05, 0) is 31.6 Å². The molecule has 0 fully saturated rings. The van der Waals surface area contributed by atoms with Crippen molar-refractivity contribution in [1.82, 2.24) is 4.90 Å². The number of amides is 1. The fourth-order valence-electron chi connectivity index (χ4n) is 2.00. The van der Waals surface area contributed by atoms with E-state index in [1.54, 1.807) is 11.9 Å². The van der Waals surface area contributed by atoms with E-state index in [4.69, 9.17) is 0 Å². The van der Waals surface area contributed by atoms with Crippen molar-refractivity contribution < 1.29 is 9.90 Å². The molecule has 0 heterocycles. The Hall–Kier alpha value is -0.570. The quantitative estimate of drug-likeness (QED) is 0.806. The Labute approximate surface area is 106 Å². The highest BCUT2D eigenvalue weighted by Gasteiger charge is 2.28. The van der Waals surface area contributed by atoms with Gasteiger partial charge in [-0.15, -0.1) is 0 Å². The Morgan fingerprint density at radius 3 is 2.06 bits per heavy atom. The van der Waals surface area contributed by atoms with E-state index in [1.807, 2.05) is 13.8 Å². The first kappa shape index (κ1) is 16.4. The van der Waals surface area contributed by atoms with E-state index >= 15 is 0 Å². The lowest BCUT2D eigenvalue weighted by atomic mass is 9.84. The summed E-state index contributed by atoms with van der Waals surface area (Å²) in [6, 6.07) is 0. The van der Waals surface area contributed by atoms with Gasteiger partial charge in [0.05, 0.1) is 12.1 Å². The number of hydrogen-bond acceptors (Lipinski definition) is 2. The minimum atomic E-state index is -0.474. The Morgan fingerprint density at radius 2 is 1.71 bits per heavy atom. The van der Waals surface area contributed by atoms with Crippen molar-refractivity contribution in [3.8, 4) is 0 Å². The summed E-state index contributed by atoms with van der Waals surface area (Å²) in [5, 5.41) is 9.24. The largest absolute Gasteiger partial charge is 0.394 e. The van der Waals surface area contributed by atoms with Crippen LogP contribution in [0.15, 0.2) is 0 Å². The summed E-state index contributed by atoms with van der Waals surface area (Å²) < 4.78 is 0. The van der Waals surface area contributed by atoms with Gasteiger partial charge in [0.1, 0.15) is 0 Å². The average Bonchev–Trinajstić information content (AvgIpc) is 2.13. The second-order valence-electron chi connectivity index (χ2n) is 7.00. The lowest BCUT2D eigenvalue weighted by molar-refractivity contribution is -0.137. The molecule has 0 bridgehead atoms. The van der Waals surface area contributed by atoms with Gasteiger partial charge in [-0.2, -0.15) is 0 Å². The van der Waals surface area contributed by atoms with Crippen LogP contribution in [0.4, 0.5) is 0 Å². The molecule has 0 aromatic heterocycles. The van der Waals surface area contributed by atoms with Gasteiger partial charge in [-0.3, -0.25) is 4.79 Å². The van der Waals surface area contributed by atoms with Gasteiger partial charge in [-0.1, -0.05) is 27.7 Å².